The van der Waals surface area contributed by atoms with Gasteiger partial charge in [-0.1, -0.05) is 29.3 Å². The Kier molecular flexibility index (Phi) is 9.55. The highest BCUT2D eigenvalue weighted by Gasteiger charge is 2.40. The van der Waals surface area contributed by atoms with Crippen molar-refractivity contribution in [2.45, 2.75) is 12.6 Å². The molecule has 0 bridgehead atoms. The first-order chi connectivity index (χ1) is 19.0. The minimum atomic E-state index is -4.69. The van der Waals surface area contributed by atoms with Crippen molar-refractivity contribution in [1.29, 1.82) is 0 Å². The van der Waals surface area contributed by atoms with Gasteiger partial charge >= 0.3 is 6.18 Å². The number of carbonyl (C=O) groups is 2. The summed E-state index contributed by atoms with van der Waals surface area (Å²) < 4.78 is 46.5. The predicted octanol–water partition coefficient (Wildman–Crippen LogP) is 5.87. The Morgan fingerprint density at radius 2 is 1.75 bits per heavy atom. The van der Waals surface area contributed by atoms with Crippen molar-refractivity contribution < 1.29 is 27.5 Å². The van der Waals surface area contributed by atoms with Gasteiger partial charge in [-0.3, -0.25) is 19.2 Å². The molecule has 1 amide bonds. The van der Waals surface area contributed by atoms with Gasteiger partial charge in [0.2, 0.25) is 0 Å². The number of aromatic nitrogens is 2. The fourth-order valence-electron chi connectivity index (χ4n) is 4.29. The minimum absolute atomic E-state index is 0.173. The summed E-state index contributed by atoms with van der Waals surface area (Å²) in [6.45, 7) is 2.95. The van der Waals surface area contributed by atoms with Crippen LogP contribution in [0.5, 0.6) is 5.75 Å². The fourth-order valence-corrected chi connectivity index (χ4v) is 4.76. The molecule has 0 spiro atoms. The summed E-state index contributed by atoms with van der Waals surface area (Å²) in [5.74, 6) is -0.198. The number of nitrogens with zero attached hydrogens (tertiary/aromatic N) is 4. The third-order valence-corrected chi connectivity index (χ3v) is 6.95. The van der Waals surface area contributed by atoms with E-state index in [1.807, 2.05) is 0 Å². The number of allylic oxidation sites excluding steroid dienone is 1. The SMILES string of the molecule is Cn1cc(C(=O)N2CCN(CCCOc3ccc(C(=O)/C=C/c4ccc(Cl)cc4Cl)cc3)CC2)c(C(F)(F)F)n1. The van der Waals surface area contributed by atoms with Crippen LogP contribution < -0.4 is 4.74 Å². The van der Waals surface area contributed by atoms with Crippen molar-refractivity contribution in [3.63, 3.8) is 0 Å². The summed E-state index contributed by atoms with van der Waals surface area (Å²) in [5, 5.41) is 4.40. The lowest BCUT2D eigenvalue weighted by atomic mass is 10.1. The Morgan fingerprint density at radius 3 is 2.40 bits per heavy atom. The molecule has 0 saturated carbocycles. The highest BCUT2D eigenvalue weighted by atomic mass is 35.5. The second-order valence-corrected chi connectivity index (χ2v) is 10.1. The van der Waals surface area contributed by atoms with Crippen molar-refractivity contribution >= 4 is 41.0 Å². The number of halogens is 5. The number of hydrogen-bond donors (Lipinski definition) is 0. The van der Waals surface area contributed by atoms with Crippen LogP contribution in [0.4, 0.5) is 13.2 Å². The maximum Gasteiger partial charge on any atom is 0.435 e. The van der Waals surface area contributed by atoms with E-state index < -0.39 is 23.3 Å². The van der Waals surface area contributed by atoms with Crippen molar-refractivity contribution in [2.75, 3.05) is 39.3 Å². The summed E-state index contributed by atoms with van der Waals surface area (Å²) in [4.78, 5) is 28.7. The van der Waals surface area contributed by atoms with Crippen LogP contribution in [0.3, 0.4) is 0 Å². The molecular weight excluding hydrogens is 568 g/mol. The molecule has 4 rings (SSSR count). The number of hydrogen-bond acceptors (Lipinski definition) is 5. The molecule has 0 aliphatic carbocycles. The average Bonchev–Trinajstić information content (AvgIpc) is 3.33. The molecule has 212 valence electrons. The zero-order valence-electron chi connectivity index (χ0n) is 21.6. The highest BCUT2D eigenvalue weighted by Crippen LogP contribution is 2.31. The molecule has 0 radical (unpaired) electrons. The standard InChI is InChI=1S/C28H27Cl2F3N4O3/c1-35-18-23(26(34-35)28(31,32)33)27(39)37-14-12-36(13-15-37)11-2-16-40-22-8-4-20(5-9-22)25(38)10-6-19-3-7-21(29)17-24(19)30/h3-10,17-18H,2,11-16H2,1H3/b10-6+. The quantitative estimate of drug-likeness (QED) is 0.176. The lowest BCUT2D eigenvalue weighted by Gasteiger charge is -2.34. The molecule has 2 aromatic carbocycles. The Hall–Kier alpha value is -3.34. The third-order valence-electron chi connectivity index (χ3n) is 6.39. The second-order valence-electron chi connectivity index (χ2n) is 9.29. The summed E-state index contributed by atoms with van der Waals surface area (Å²) in [5.41, 5.74) is -0.381. The maximum atomic E-state index is 13.2. The Bertz CT molecular complexity index is 1380. The summed E-state index contributed by atoms with van der Waals surface area (Å²) >= 11 is 12.0. The van der Waals surface area contributed by atoms with Gasteiger partial charge in [-0.05, 0) is 60.5 Å². The molecule has 1 fully saturated rings. The largest absolute Gasteiger partial charge is 0.494 e. The first kappa shape index (κ1) is 29.6. The molecule has 1 aromatic heterocycles. The highest BCUT2D eigenvalue weighted by molar-refractivity contribution is 6.35. The van der Waals surface area contributed by atoms with E-state index in [1.165, 1.54) is 18.0 Å². The van der Waals surface area contributed by atoms with Gasteiger partial charge < -0.3 is 9.64 Å². The van der Waals surface area contributed by atoms with Crippen LogP contribution >= 0.6 is 23.2 Å². The Labute approximate surface area is 239 Å². The summed E-state index contributed by atoms with van der Waals surface area (Å²) in [6.07, 6.45) is 0.239. The molecule has 0 atom stereocenters. The number of alkyl halides is 3. The van der Waals surface area contributed by atoms with E-state index in [9.17, 15) is 22.8 Å². The zero-order valence-corrected chi connectivity index (χ0v) is 23.1. The van der Waals surface area contributed by atoms with Gasteiger partial charge in [0.15, 0.2) is 11.5 Å². The number of ketones is 1. The van der Waals surface area contributed by atoms with E-state index in [0.29, 0.717) is 59.7 Å². The van der Waals surface area contributed by atoms with E-state index in [1.54, 1.807) is 48.5 Å². The third kappa shape index (κ3) is 7.65. The van der Waals surface area contributed by atoms with E-state index in [4.69, 9.17) is 27.9 Å². The molecule has 0 N–H and O–H groups in total. The van der Waals surface area contributed by atoms with Crippen molar-refractivity contribution in [2.24, 2.45) is 7.05 Å². The maximum absolute atomic E-state index is 13.2. The number of carbonyl (C=O) groups excluding carboxylic acids is 2. The van der Waals surface area contributed by atoms with Crippen LogP contribution in [0.25, 0.3) is 6.08 Å². The Balaban J connectivity index is 1.18. The normalized spacial score (nSPS) is 14.6. The molecule has 0 unspecified atom stereocenters. The first-order valence-corrected chi connectivity index (χ1v) is 13.3. The van der Waals surface area contributed by atoms with E-state index in [0.717, 1.165) is 23.8 Å². The average molecular weight is 595 g/mol. The van der Waals surface area contributed by atoms with Crippen molar-refractivity contribution in [3.8, 4) is 5.75 Å². The lowest BCUT2D eigenvalue weighted by Crippen LogP contribution is -2.49. The first-order valence-electron chi connectivity index (χ1n) is 12.5. The van der Waals surface area contributed by atoms with Crippen LogP contribution in [0.1, 0.15) is 38.4 Å². The number of ether oxygens (including phenoxy) is 1. The van der Waals surface area contributed by atoms with E-state index >= 15 is 0 Å². The fraction of sp³-hybridized carbons (Fsp3) is 0.321. The van der Waals surface area contributed by atoms with Crippen LogP contribution in [-0.4, -0.2) is 70.6 Å². The number of rotatable bonds is 9. The molecule has 40 heavy (non-hydrogen) atoms. The molecule has 3 aromatic rings. The summed E-state index contributed by atoms with van der Waals surface area (Å²) in [7, 11) is 1.36. The monoisotopic (exact) mass is 594 g/mol. The van der Waals surface area contributed by atoms with Gasteiger partial charge in [-0.25, -0.2) is 0 Å². The van der Waals surface area contributed by atoms with Crippen LogP contribution in [0, 0.1) is 0 Å². The second kappa shape index (κ2) is 12.9. The van der Waals surface area contributed by atoms with E-state index in [-0.39, 0.29) is 5.78 Å². The smallest absolute Gasteiger partial charge is 0.435 e. The molecular formula is C28H27Cl2F3N4O3. The van der Waals surface area contributed by atoms with Crippen LogP contribution in [0.15, 0.2) is 54.7 Å². The molecule has 1 aliphatic heterocycles. The van der Waals surface area contributed by atoms with Gasteiger partial charge in [-0.2, -0.15) is 18.3 Å². The van der Waals surface area contributed by atoms with E-state index in [2.05, 4.69) is 10.00 Å². The van der Waals surface area contributed by atoms with Gasteiger partial charge in [-0.15, -0.1) is 0 Å². The number of benzene rings is 2. The molecule has 1 saturated heterocycles. The number of aryl methyl sites for hydroxylation is 1. The molecule has 1 aliphatic rings. The van der Waals surface area contributed by atoms with Crippen molar-refractivity contribution in [1.82, 2.24) is 19.6 Å². The molecule has 12 heteroatoms. The van der Waals surface area contributed by atoms with Crippen molar-refractivity contribution in [3.05, 3.63) is 87.2 Å². The van der Waals surface area contributed by atoms with Gasteiger partial charge in [0.05, 0.1) is 12.2 Å². The minimum Gasteiger partial charge on any atom is -0.494 e. The zero-order chi connectivity index (χ0) is 28.9. The van der Waals surface area contributed by atoms with Gasteiger partial charge in [0.25, 0.3) is 5.91 Å². The Morgan fingerprint density at radius 1 is 1.05 bits per heavy atom. The number of amides is 1. The molecule has 2 heterocycles. The van der Waals surface area contributed by atoms with Crippen LogP contribution in [-0.2, 0) is 13.2 Å². The van der Waals surface area contributed by atoms with Crippen LogP contribution in [0.2, 0.25) is 10.0 Å². The topological polar surface area (TPSA) is 67.7 Å². The molecule has 7 nitrogen and oxygen atoms in total. The predicted molar refractivity (Wildman–Crippen MR) is 147 cm³/mol. The lowest BCUT2D eigenvalue weighted by molar-refractivity contribution is -0.141. The van der Waals surface area contributed by atoms with Gasteiger partial charge in [0, 0.05) is 61.6 Å². The number of piperazine rings is 1. The van der Waals surface area contributed by atoms with Gasteiger partial charge in [0.1, 0.15) is 5.75 Å². The summed E-state index contributed by atoms with van der Waals surface area (Å²) in [6, 6.07) is 11.9.